The molecule has 0 aliphatic heterocycles. The number of hydrogen-bond donors (Lipinski definition) is 2. The summed E-state index contributed by atoms with van der Waals surface area (Å²) >= 11 is 0. The third-order valence-electron chi connectivity index (χ3n) is 2.42. The van der Waals surface area contributed by atoms with Gasteiger partial charge in [-0.05, 0) is 18.6 Å². The number of aromatic nitrogens is 3. The lowest BCUT2D eigenvalue weighted by Gasteiger charge is -2.08. The van der Waals surface area contributed by atoms with E-state index in [1.165, 1.54) is 12.4 Å². The lowest BCUT2D eigenvalue weighted by atomic mass is 10.2. The van der Waals surface area contributed by atoms with Crippen molar-refractivity contribution in [2.75, 3.05) is 0 Å². The van der Waals surface area contributed by atoms with Crippen molar-refractivity contribution in [1.82, 2.24) is 19.9 Å². The number of H-pyrrole nitrogens is 1. The molecule has 0 amide bonds. The Morgan fingerprint density at radius 3 is 2.68 bits per heavy atom. The lowest BCUT2D eigenvalue weighted by Crippen LogP contribution is -2.25. The third-order valence-corrected chi connectivity index (χ3v) is 3.60. The summed E-state index contributed by atoms with van der Waals surface area (Å²) in [5.41, 5.74) is 0.820. The van der Waals surface area contributed by atoms with Gasteiger partial charge in [0.25, 0.3) is 0 Å². The van der Waals surface area contributed by atoms with Crippen LogP contribution in [0, 0.1) is 0 Å². The molecule has 0 radical (unpaired) electrons. The molecule has 7 heteroatoms. The van der Waals surface area contributed by atoms with Crippen LogP contribution in [0.1, 0.15) is 24.4 Å². The van der Waals surface area contributed by atoms with Crippen LogP contribution in [0.3, 0.4) is 0 Å². The first kappa shape index (κ1) is 13.4. The Labute approximate surface area is 111 Å². The first-order valence-electron chi connectivity index (χ1n) is 5.67. The Morgan fingerprint density at radius 1 is 1.32 bits per heavy atom. The first-order chi connectivity index (χ1) is 9.07. The molecule has 2 rings (SSSR count). The summed E-state index contributed by atoms with van der Waals surface area (Å²) < 4.78 is 26.2. The largest absolute Gasteiger partial charge is 0.262 e. The number of sulfonamides is 1. The molecule has 0 spiro atoms. The smallest absolute Gasteiger partial charge is 0.234 e. The van der Waals surface area contributed by atoms with Gasteiger partial charge in [0.2, 0.25) is 10.0 Å². The van der Waals surface area contributed by atoms with Gasteiger partial charge >= 0.3 is 0 Å². The third kappa shape index (κ3) is 4.01. The van der Waals surface area contributed by atoms with Gasteiger partial charge in [-0.2, -0.15) is 5.10 Å². The van der Waals surface area contributed by atoms with Gasteiger partial charge in [0.1, 0.15) is 12.2 Å². The molecule has 0 saturated heterocycles. The highest BCUT2D eigenvalue weighted by Gasteiger charge is 2.14. The molecule has 0 aliphatic rings. The molecule has 1 aromatic carbocycles. The molecule has 1 atom stereocenters. The highest BCUT2D eigenvalue weighted by Crippen LogP contribution is 2.08. The standard InChI is InChI=1S/C12H14N4O2S/c1-10(12-13-9-14-15-12)16-19(17,18)8-7-11-5-3-2-4-6-11/h2-10,16H,1H3,(H,13,14,15)/b8-7+. The maximum Gasteiger partial charge on any atom is 0.234 e. The van der Waals surface area contributed by atoms with Crippen molar-refractivity contribution in [1.29, 1.82) is 0 Å². The minimum absolute atomic E-state index is 0.465. The summed E-state index contributed by atoms with van der Waals surface area (Å²) in [6, 6.07) is 8.75. The van der Waals surface area contributed by atoms with E-state index in [1.807, 2.05) is 30.3 Å². The normalized spacial score (nSPS) is 13.7. The number of nitrogens with one attached hydrogen (secondary N) is 2. The molecular formula is C12H14N4O2S. The Morgan fingerprint density at radius 2 is 2.05 bits per heavy atom. The second-order valence-corrected chi connectivity index (χ2v) is 5.57. The Kier molecular flexibility index (Phi) is 4.08. The van der Waals surface area contributed by atoms with Crippen LogP contribution in [0.4, 0.5) is 0 Å². The molecule has 0 saturated carbocycles. The van der Waals surface area contributed by atoms with E-state index in [-0.39, 0.29) is 0 Å². The van der Waals surface area contributed by atoms with Crippen molar-refractivity contribution >= 4 is 16.1 Å². The Bertz CT molecular complexity index is 636. The van der Waals surface area contributed by atoms with Gasteiger partial charge in [-0.1, -0.05) is 30.3 Å². The van der Waals surface area contributed by atoms with E-state index < -0.39 is 16.1 Å². The van der Waals surface area contributed by atoms with Crippen LogP contribution in [-0.4, -0.2) is 23.6 Å². The van der Waals surface area contributed by atoms with E-state index in [0.717, 1.165) is 11.0 Å². The average Bonchev–Trinajstić information content (AvgIpc) is 2.91. The summed E-state index contributed by atoms with van der Waals surface area (Å²) in [4.78, 5) is 3.90. The molecule has 19 heavy (non-hydrogen) atoms. The highest BCUT2D eigenvalue weighted by molar-refractivity contribution is 7.92. The topological polar surface area (TPSA) is 87.7 Å². The van der Waals surface area contributed by atoms with E-state index in [4.69, 9.17) is 0 Å². The van der Waals surface area contributed by atoms with Crippen LogP contribution in [0.5, 0.6) is 0 Å². The SMILES string of the molecule is CC(NS(=O)(=O)/C=C/c1ccccc1)c1ncn[nH]1. The molecule has 1 aromatic heterocycles. The van der Waals surface area contributed by atoms with Crippen LogP contribution >= 0.6 is 0 Å². The monoisotopic (exact) mass is 278 g/mol. The maximum atomic E-state index is 11.8. The van der Waals surface area contributed by atoms with Gasteiger partial charge in [-0.15, -0.1) is 0 Å². The van der Waals surface area contributed by atoms with Crippen molar-refractivity contribution in [3.05, 3.63) is 53.5 Å². The zero-order chi connectivity index (χ0) is 13.7. The van der Waals surface area contributed by atoms with E-state index in [9.17, 15) is 8.42 Å². The number of nitrogens with zero attached hydrogens (tertiary/aromatic N) is 2. The molecule has 2 N–H and O–H groups in total. The van der Waals surface area contributed by atoms with Crippen molar-refractivity contribution in [2.24, 2.45) is 0 Å². The maximum absolute atomic E-state index is 11.8. The van der Waals surface area contributed by atoms with Gasteiger partial charge in [0, 0.05) is 5.41 Å². The van der Waals surface area contributed by atoms with Crippen molar-refractivity contribution < 1.29 is 8.42 Å². The number of rotatable bonds is 5. The summed E-state index contributed by atoms with van der Waals surface area (Å²) in [7, 11) is -3.52. The quantitative estimate of drug-likeness (QED) is 0.866. The Balaban J connectivity index is 2.05. The molecule has 6 nitrogen and oxygen atoms in total. The molecule has 0 aliphatic carbocycles. The van der Waals surface area contributed by atoms with Gasteiger partial charge < -0.3 is 0 Å². The van der Waals surface area contributed by atoms with Gasteiger partial charge in [-0.25, -0.2) is 18.1 Å². The summed E-state index contributed by atoms with van der Waals surface area (Å²) in [5, 5.41) is 7.43. The summed E-state index contributed by atoms with van der Waals surface area (Å²) in [6.07, 6.45) is 2.87. The number of benzene rings is 1. The van der Waals surface area contributed by atoms with E-state index in [1.54, 1.807) is 6.92 Å². The van der Waals surface area contributed by atoms with Crippen LogP contribution in [0.25, 0.3) is 6.08 Å². The van der Waals surface area contributed by atoms with E-state index >= 15 is 0 Å². The molecule has 100 valence electrons. The molecule has 0 bridgehead atoms. The summed E-state index contributed by atoms with van der Waals surface area (Å²) in [5.74, 6) is 0.469. The highest BCUT2D eigenvalue weighted by atomic mass is 32.2. The number of hydrogen-bond acceptors (Lipinski definition) is 4. The molecule has 2 aromatic rings. The summed E-state index contributed by atoms with van der Waals surface area (Å²) in [6.45, 7) is 1.69. The van der Waals surface area contributed by atoms with Crippen LogP contribution < -0.4 is 4.72 Å². The predicted molar refractivity (Wildman–Crippen MR) is 72.3 cm³/mol. The molecule has 0 fully saturated rings. The predicted octanol–water partition coefficient (Wildman–Crippen LogP) is 1.46. The van der Waals surface area contributed by atoms with E-state index in [2.05, 4.69) is 19.9 Å². The van der Waals surface area contributed by atoms with Gasteiger partial charge in [0.05, 0.1) is 6.04 Å². The lowest BCUT2D eigenvalue weighted by molar-refractivity contribution is 0.569. The fourth-order valence-corrected chi connectivity index (χ4v) is 2.52. The van der Waals surface area contributed by atoms with Crippen LogP contribution in [0.2, 0.25) is 0 Å². The van der Waals surface area contributed by atoms with E-state index in [0.29, 0.717) is 5.82 Å². The fraction of sp³-hybridized carbons (Fsp3) is 0.167. The van der Waals surface area contributed by atoms with Crippen molar-refractivity contribution in [2.45, 2.75) is 13.0 Å². The minimum Gasteiger partial charge on any atom is -0.262 e. The zero-order valence-corrected chi connectivity index (χ0v) is 11.1. The fourth-order valence-electron chi connectivity index (χ4n) is 1.50. The second kappa shape index (κ2) is 5.77. The average molecular weight is 278 g/mol. The minimum atomic E-state index is -3.52. The van der Waals surface area contributed by atoms with Crippen LogP contribution in [-0.2, 0) is 10.0 Å². The van der Waals surface area contributed by atoms with Gasteiger partial charge in [-0.3, -0.25) is 5.10 Å². The van der Waals surface area contributed by atoms with Crippen molar-refractivity contribution in [3.63, 3.8) is 0 Å². The number of aromatic amines is 1. The molecule has 1 heterocycles. The zero-order valence-electron chi connectivity index (χ0n) is 10.3. The first-order valence-corrected chi connectivity index (χ1v) is 7.22. The van der Waals surface area contributed by atoms with Crippen molar-refractivity contribution in [3.8, 4) is 0 Å². The second-order valence-electron chi connectivity index (χ2n) is 3.97. The Hall–Kier alpha value is -1.99. The van der Waals surface area contributed by atoms with Gasteiger partial charge in [0.15, 0.2) is 0 Å². The molecular weight excluding hydrogens is 264 g/mol. The van der Waals surface area contributed by atoms with Crippen LogP contribution in [0.15, 0.2) is 42.1 Å². The molecule has 1 unspecified atom stereocenters.